The van der Waals surface area contributed by atoms with E-state index in [1.54, 1.807) is 56.9 Å². The first-order valence-corrected chi connectivity index (χ1v) is 30.4. The first kappa shape index (κ1) is 58.7. The van der Waals surface area contributed by atoms with Gasteiger partial charge in [0, 0.05) is 62.6 Å². The van der Waals surface area contributed by atoms with Crippen molar-refractivity contribution in [1.29, 1.82) is 0 Å². The van der Waals surface area contributed by atoms with Crippen LogP contribution in [0.3, 0.4) is 0 Å². The third-order valence-corrected chi connectivity index (χ3v) is 17.7. The van der Waals surface area contributed by atoms with Gasteiger partial charge in [0.05, 0.1) is 68.0 Å². The molecule has 0 amide bonds. The standard InChI is InChI=1S/C81H66N4O8/c1-86-65-29-9-53(10-30-65)82(54-11-31-66(87-2)32-12-54)61-25-45-73-74-46-26-62(83(55-13-33-67(88-3)34-14-55)56-15-35-68(89-4)36-16-56)50-78(74)81(77(73)49-61)79-51-63(84(57-17-37-69(90-5)38-18-57)58-19-39-70(91-6)40-20-58)27-47-75(79)76-48-28-64(52-80(76)81)85(59-21-41-71(92-7)42-22-59)60-23-43-72(93-8)44-24-60/h9-23,25-43,45-52H,1-8H3. The minimum Gasteiger partial charge on any atom is -0.497 e. The van der Waals surface area contributed by atoms with Crippen molar-refractivity contribution in [1.82, 2.24) is 0 Å². The summed E-state index contributed by atoms with van der Waals surface area (Å²) in [4.78, 5) is 9.13. The van der Waals surface area contributed by atoms with E-state index in [4.69, 9.17) is 37.9 Å². The molecule has 12 nitrogen and oxygen atoms in total. The van der Waals surface area contributed by atoms with Crippen LogP contribution in [0.15, 0.2) is 255 Å². The minimum absolute atomic E-state index is 0.577. The lowest BCUT2D eigenvalue weighted by Gasteiger charge is -2.35. The van der Waals surface area contributed by atoms with E-state index in [9.17, 15) is 0 Å². The van der Waals surface area contributed by atoms with Crippen LogP contribution < -0.4 is 57.5 Å². The molecule has 0 N–H and O–H groups in total. The van der Waals surface area contributed by atoms with Gasteiger partial charge >= 0.3 is 0 Å². The number of nitrogens with zero attached hydrogens (tertiary/aromatic N) is 4. The van der Waals surface area contributed by atoms with Crippen LogP contribution in [0.4, 0.5) is 68.2 Å². The van der Waals surface area contributed by atoms with Crippen molar-refractivity contribution in [2.45, 2.75) is 5.41 Å². The van der Waals surface area contributed by atoms with Crippen LogP contribution in [0.5, 0.6) is 46.0 Å². The zero-order valence-corrected chi connectivity index (χ0v) is 52.8. The van der Waals surface area contributed by atoms with Crippen LogP contribution in [0.2, 0.25) is 0 Å². The molecule has 0 saturated carbocycles. The maximum absolute atomic E-state index is 5.74. The predicted molar refractivity (Wildman–Crippen MR) is 372 cm³/mol. The maximum Gasteiger partial charge on any atom is 0.170 e. The van der Waals surface area contributed by atoms with E-state index in [1.807, 2.05) is 97.1 Å². The Labute approximate surface area is 542 Å². The molecule has 1 spiro atoms. The summed E-state index contributed by atoms with van der Waals surface area (Å²) in [5.74, 6) is 5.84. The van der Waals surface area contributed by atoms with Crippen molar-refractivity contribution in [3.63, 3.8) is 0 Å². The van der Waals surface area contributed by atoms with E-state index in [0.717, 1.165) is 153 Å². The Bertz CT molecular complexity index is 3850. The molecule has 0 saturated heterocycles. The highest BCUT2D eigenvalue weighted by Crippen LogP contribution is 2.66. The Balaban J connectivity index is 1.10. The fourth-order valence-corrected chi connectivity index (χ4v) is 13.2. The second-order valence-electron chi connectivity index (χ2n) is 22.4. The van der Waals surface area contributed by atoms with Crippen LogP contribution >= 0.6 is 0 Å². The largest absolute Gasteiger partial charge is 0.497 e. The SMILES string of the molecule is COc1c#cc(N(c2ccc(OC)cc2)c2ccc3c(c2)C2(c4cc(N(c5ccc(OC)cc5)c5ccc(OC)cc5)ccc4-3)c3cc(N(c4ccc(OC)cc4)c4ccc(OC)cc4)ccc3-c3ccc(N(c4ccc(OC)cc4)c4ccc(OC)cc4)cc32)cc1. The molecule has 0 atom stereocenters. The molecule has 0 aliphatic heterocycles. The highest BCUT2D eigenvalue weighted by molar-refractivity contribution is 6.00. The van der Waals surface area contributed by atoms with Gasteiger partial charge in [-0.3, -0.25) is 0 Å². The van der Waals surface area contributed by atoms with Crippen molar-refractivity contribution in [3.05, 3.63) is 289 Å². The number of anilines is 12. The average molecular weight is 1220 g/mol. The first-order chi connectivity index (χ1) is 45.7. The normalized spacial score (nSPS) is 11.9. The van der Waals surface area contributed by atoms with Gasteiger partial charge in [0.15, 0.2) is 5.75 Å². The first-order valence-electron chi connectivity index (χ1n) is 30.4. The molecule has 0 fully saturated rings. The molecule has 458 valence electrons. The predicted octanol–water partition coefficient (Wildman–Crippen LogP) is 19.6. The Kier molecular flexibility index (Phi) is 15.7. The van der Waals surface area contributed by atoms with E-state index in [2.05, 4.69) is 189 Å². The second kappa shape index (κ2) is 24.8. The van der Waals surface area contributed by atoms with Gasteiger partial charge in [-0.25, -0.2) is 0 Å². The van der Waals surface area contributed by atoms with E-state index in [1.165, 1.54) is 0 Å². The Morgan fingerprint density at radius 1 is 0.215 bits per heavy atom. The van der Waals surface area contributed by atoms with Gasteiger partial charge in [0.2, 0.25) is 0 Å². The summed E-state index contributed by atoms with van der Waals surface area (Å²) in [5, 5.41) is 0. The number of rotatable bonds is 20. The molecule has 0 bridgehead atoms. The van der Waals surface area contributed by atoms with E-state index < -0.39 is 5.41 Å². The fourth-order valence-electron chi connectivity index (χ4n) is 13.2. The van der Waals surface area contributed by atoms with Crippen LogP contribution in [0.25, 0.3) is 22.3 Å². The highest BCUT2D eigenvalue weighted by atomic mass is 16.5. The maximum atomic E-state index is 5.74. The summed E-state index contributed by atoms with van der Waals surface area (Å²) in [6.45, 7) is 0. The van der Waals surface area contributed by atoms with Crippen molar-refractivity contribution in [2.24, 2.45) is 0 Å². The van der Waals surface area contributed by atoms with E-state index >= 15 is 0 Å². The van der Waals surface area contributed by atoms with Gasteiger partial charge in [-0.1, -0.05) is 24.3 Å². The summed E-state index contributed by atoms with van der Waals surface area (Å²) in [5.41, 5.74) is 18.7. The third kappa shape index (κ3) is 10.5. The molecule has 93 heavy (non-hydrogen) atoms. The van der Waals surface area contributed by atoms with Crippen LogP contribution in [0, 0.1) is 12.1 Å². The average Bonchev–Trinajstić information content (AvgIpc) is 1.51. The lowest BCUT2D eigenvalue weighted by molar-refractivity contribution is 0.414. The summed E-state index contributed by atoms with van der Waals surface area (Å²) >= 11 is 0. The van der Waals surface area contributed by atoms with Gasteiger partial charge in [0.1, 0.15) is 40.2 Å². The van der Waals surface area contributed by atoms with Crippen molar-refractivity contribution in [3.8, 4) is 68.2 Å². The number of hydrogen-bond acceptors (Lipinski definition) is 12. The zero-order chi connectivity index (χ0) is 63.7. The molecule has 2 aliphatic rings. The van der Waals surface area contributed by atoms with Crippen LogP contribution in [-0.4, -0.2) is 56.9 Å². The lowest BCUT2D eigenvalue weighted by Crippen LogP contribution is -2.27. The molecule has 14 rings (SSSR count). The molecule has 0 heterocycles. The topological polar surface area (TPSA) is 86.8 Å². The van der Waals surface area contributed by atoms with Crippen LogP contribution in [-0.2, 0) is 5.41 Å². The third-order valence-electron chi connectivity index (χ3n) is 17.7. The van der Waals surface area contributed by atoms with E-state index in [0.29, 0.717) is 5.75 Å². The highest BCUT2D eigenvalue weighted by Gasteiger charge is 2.53. The molecule has 12 heteroatoms. The number of hydrogen-bond donors (Lipinski definition) is 0. The van der Waals surface area contributed by atoms with Gasteiger partial charge in [0.25, 0.3) is 0 Å². The Morgan fingerprint density at radius 3 is 0.634 bits per heavy atom. The molecule has 0 aromatic heterocycles. The van der Waals surface area contributed by atoms with Gasteiger partial charge in [-0.15, -0.1) is 0 Å². The molecule has 2 aliphatic carbocycles. The number of benzene rings is 11. The summed E-state index contributed by atoms with van der Waals surface area (Å²) in [6, 6.07) is 95.9. The molecule has 0 unspecified atom stereocenters. The molecule has 0 radical (unpaired) electrons. The molecular formula is C81H66N4O8. The van der Waals surface area contributed by atoms with Gasteiger partial charge < -0.3 is 57.5 Å². The zero-order valence-electron chi connectivity index (χ0n) is 52.8. The van der Waals surface area contributed by atoms with E-state index in [-0.39, 0.29) is 0 Å². The number of ether oxygens (including phenoxy) is 8. The second-order valence-corrected chi connectivity index (χ2v) is 22.4. The Hall–Kier alpha value is -11.9. The monoisotopic (exact) mass is 1220 g/mol. The van der Waals surface area contributed by atoms with Crippen LogP contribution in [0.1, 0.15) is 22.3 Å². The summed E-state index contributed by atoms with van der Waals surface area (Å²) in [7, 11) is 13.5. The van der Waals surface area contributed by atoms with Gasteiger partial charge in [-0.05, 0) is 287 Å². The quantitative estimate of drug-likeness (QED) is 0.0728. The smallest absolute Gasteiger partial charge is 0.170 e. The van der Waals surface area contributed by atoms with Crippen molar-refractivity contribution in [2.75, 3.05) is 76.5 Å². The molecular weight excluding hydrogens is 1160 g/mol. The van der Waals surface area contributed by atoms with Crippen molar-refractivity contribution < 1.29 is 37.9 Å². The molecule has 12 aromatic rings. The van der Waals surface area contributed by atoms with Gasteiger partial charge in [-0.2, -0.15) is 0 Å². The lowest BCUT2D eigenvalue weighted by atomic mass is 9.70. The van der Waals surface area contributed by atoms with Crippen molar-refractivity contribution >= 4 is 68.2 Å². The fraction of sp³-hybridized carbons (Fsp3) is 0.111. The number of fused-ring (bicyclic) bond motifs is 10. The molecule has 12 aromatic carbocycles. The minimum atomic E-state index is -1.03. The summed E-state index contributed by atoms with van der Waals surface area (Å²) < 4.78 is 45.9. The Morgan fingerprint density at radius 2 is 0.430 bits per heavy atom. The number of methoxy groups -OCH3 is 8. The summed E-state index contributed by atoms with van der Waals surface area (Å²) in [6.07, 6.45) is 0.